The van der Waals surface area contributed by atoms with Gasteiger partial charge in [-0.15, -0.1) is 0 Å². The maximum atomic E-state index is 4.91. The summed E-state index contributed by atoms with van der Waals surface area (Å²) in [4.78, 5) is 0. The van der Waals surface area contributed by atoms with Crippen molar-refractivity contribution in [2.45, 2.75) is 72.3 Å². The predicted molar refractivity (Wildman–Crippen MR) is 79.8 cm³/mol. The van der Waals surface area contributed by atoms with Crippen LogP contribution in [0.25, 0.3) is 0 Å². The Balaban J connectivity index is 5.43. The molecule has 0 fully saturated rings. The Hall–Kier alpha value is 0.796. The minimum atomic E-state index is -1.35. The normalized spacial score (nSPS) is 15.8. The van der Waals surface area contributed by atoms with Gasteiger partial charge in [-0.1, -0.05) is 0 Å². The first-order valence-corrected chi connectivity index (χ1v) is 12.7. The van der Waals surface area contributed by atoms with Gasteiger partial charge in [0.25, 0.3) is 0 Å². The van der Waals surface area contributed by atoms with Gasteiger partial charge in [-0.25, -0.2) is 0 Å². The second kappa shape index (κ2) is 5.20. The molecule has 0 saturated heterocycles. The van der Waals surface area contributed by atoms with Crippen molar-refractivity contribution in [2.24, 2.45) is 4.74 Å². The fourth-order valence-corrected chi connectivity index (χ4v) is 14.8. The Labute approximate surface area is 111 Å². The van der Waals surface area contributed by atoms with Crippen LogP contribution in [0.3, 0.4) is 0 Å². The van der Waals surface area contributed by atoms with Gasteiger partial charge in [-0.3, -0.25) is 0 Å². The van der Waals surface area contributed by atoms with Crippen LogP contribution in [0.2, 0.25) is 19.6 Å². The van der Waals surface area contributed by atoms with Crippen LogP contribution in [0.15, 0.2) is 4.74 Å². The van der Waals surface area contributed by atoms with E-state index in [-0.39, 0.29) is 11.1 Å². The van der Waals surface area contributed by atoms with Crippen molar-refractivity contribution >= 4 is 29.4 Å². The van der Waals surface area contributed by atoms with E-state index >= 15 is 0 Å². The van der Waals surface area contributed by atoms with Crippen molar-refractivity contribution in [1.82, 2.24) is 4.34 Å². The molecule has 2 nitrogen and oxygen atoms in total. The standard InChI is InChI=1S/C11H27N2PSeSi/c1-10(2,3)12-14(15)13(11(4,5)6)16(7,8)9/h1-9H3. The summed E-state index contributed by atoms with van der Waals surface area (Å²) < 4.78 is 7.54. The van der Waals surface area contributed by atoms with Crippen LogP contribution < -0.4 is 0 Å². The first kappa shape index (κ1) is 16.8. The van der Waals surface area contributed by atoms with Gasteiger partial charge in [0, 0.05) is 0 Å². The summed E-state index contributed by atoms with van der Waals surface area (Å²) in [6.07, 6.45) is -0.513. The Morgan fingerprint density at radius 1 is 1.00 bits per heavy atom. The van der Waals surface area contributed by atoms with Gasteiger partial charge in [-0.2, -0.15) is 0 Å². The molecule has 96 valence electrons. The topological polar surface area (TPSA) is 15.6 Å². The average molecular weight is 325 g/mol. The molecule has 0 aliphatic rings. The van der Waals surface area contributed by atoms with Gasteiger partial charge in [0.05, 0.1) is 0 Å². The van der Waals surface area contributed by atoms with Crippen molar-refractivity contribution in [3.8, 4) is 0 Å². The molecule has 0 amide bonds. The zero-order valence-corrected chi connectivity index (χ0v) is 15.9. The molecule has 0 aromatic heterocycles. The van der Waals surface area contributed by atoms with E-state index in [0.717, 1.165) is 0 Å². The molecule has 0 aromatic rings. The Morgan fingerprint density at radius 2 is 1.38 bits per heavy atom. The third-order valence-corrected chi connectivity index (χ3v) is 10.4. The van der Waals surface area contributed by atoms with Crippen LogP contribution in [0.5, 0.6) is 0 Å². The molecule has 1 unspecified atom stereocenters. The van der Waals surface area contributed by atoms with Crippen molar-refractivity contribution in [2.75, 3.05) is 0 Å². The molecule has 5 heteroatoms. The summed E-state index contributed by atoms with van der Waals surface area (Å²) in [5.41, 5.74) is 0.232. The predicted octanol–water partition coefficient (Wildman–Crippen LogP) is 4.38. The summed E-state index contributed by atoms with van der Waals surface area (Å²) in [5, 5.41) is 0. The molecule has 0 saturated carbocycles. The molecule has 0 radical (unpaired) electrons. The van der Waals surface area contributed by atoms with Crippen LogP contribution in [0.4, 0.5) is 0 Å². The molecule has 0 heterocycles. The molecule has 0 aliphatic heterocycles. The Morgan fingerprint density at radius 3 is 1.56 bits per heavy atom. The van der Waals surface area contributed by atoms with Crippen molar-refractivity contribution in [1.29, 1.82) is 0 Å². The van der Waals surface area contributed by atoms with E-state index in [4.69, 9.17) is 4.74 Å². The van der Waals surface area contributed by atoms with Crippen molar-refractivity contribution < 1.29 is 0 Å². The molecular weight excluding hydrogens is 298 g/mol. The number of nitrogens with zero attached hydrogens (tertiary/aromatic N) is 2. The van der Waals surface area contributed by atoms with E-state index in [1.165, 1.54) is 0 Å². The minimum absolute atomic E-state index is 0.0418. The summed E-state index contributed by atoms with van der Waals surface area (Å²) in [7, 11) is -1.35. The molecule has 0 spiro atoms. The Kier molecular flexibility index (Phi) is 5.46. The van der Waals surface area contributed by atoms with Gasteiger partial charge in [0.2, 0.25) is 0 Å². The summed E-state index contributed by atoms with van der Waals surface area (Å²) >= 11 is 3.31. The molecular formula is C11H27N2PSeSi. The zero-order chi connectivity index (χ0) is 13.4. The van der Waals surface area contributed by atoms with Gasteiger partial charge in [-0.05, 0) is 0 Å². The van der Waals surface area contributed by atoms with E-state index in [2.05, 4.69) is 80.6 Å². The summed E-state index contributed by atoms with van der Waals surface area (Å²) in [5.74, 6) is 0. The maximum absolute atomic E-state index is 4.91. The number of rotatable bonds is 2. The zero-order valence-electron chi connectivity index (χ0n) is 12.2. The van der Waals surface area contributed by atoms with Crippen LogP contribution >= 0.6 is 6.11 Å². The quantitative estimate of drug-likeness (QED) is 0.543. The molecule has 0 bridgehead atoms. The van der Waals surface area contributed by atoms with Crippen molar-refractivity contribution in [3.05, 3.63) is 0 Å². The van der Waals surface area contributed by atoms with Crippen LogP contribution in [-0.2, 0) is 0 Å². The summed E-state index contributed by atoms with van der Waals surface area (Å²) in [6.45, 7) is 20.6. The number of hydrogen-bond donors (Lipinski definition) is 0. The van der Waals surface area contributed by atoms with E-state index in [1.54, 1.807) is 0 Å². The molecule has 0 aromatic carbocycles. The fourth-order valence-electron chi connectivity index (χ4n) is 1.82. The van der Waals surface area contributed by atoms with Gasteiger partial charge in [0.1, 0.15) is 0 Å². The molecule has 16 heavy (non-hydrogen) atoms. The second-order valence-electron chi connectivity index (χ2n) is 7.18. The first-order valence-electron chi connectivity index (χ1n) is 5.75. The van der Waals surface area contributed by atoms with E-state index in [0.29, 0.717) is 0 Å². The second-order valence-corrected chi connectivity index (χ2v) is 15.5. The molecule has 0 rings (SSSR count). The van der Waals surface area contributed by atoms with Crippen molar-refractivity contribution in [3.63, 3.8) is 0 Å². The van der Waals surface area contributed by atoms with Crippen LogP contribution in [-0.4, -0.2) is 38.7 Å². The van der Waals surface area contributed by atoms with Crippen LogP contribution in [0.1, 0.15) is 41.5 Å². The van der Waals surface area contributed by atoms with Gasteiger partial charge >= 0.3 is 111 Å². The first-order chi connectivity index (χ1) is 6.75. The SMILES string of the molecule is CC(C)(C)N=P(=[Se])N(C(C)(C)C)[Si](C)(C)C. The third-order valence-electron chi connectivity index (χ3n) is 1.83. The van der Waals surface area contributed by atoms with E-state index < -0.39 is 14.3 Å². The molecule has 0 N–H and O–H groups in total. The monoisotopic (exact) mass is 326 g/mol. The van der Waals surface area contributed by atoms with Gasteiger partial charge in [0.15, 0.2) is 0 Å². The fraction of sp³-hybridized carbons (Fsp3) is 1.00. The Bertz CT molecular complexity index is 300. The third kappa shape index (κ3) is 5.93. The molecule has 1 atom stereocenters. The van der Waals surface area contributed by atoms with E-state index in [1.807, 2.05) is 0 Å². The van der Waals surface area contributed by atoms with E-state index in [9.17, 15) is 0 Å². The number of hydrogen-bond acceptors (Lipinski definition) is 1. The molecule has 0 aliphatic carbocycles. The summed E-state index contributed by atoms with van der Waals surface area (Å²) in [6, 6.07) is 0. The average Bonchev–Trinajstić information content (AvgIpc) is 1.70. The van der Waals surface area contributed by atoms with Crippen LogP contribution in [0, 0.1) is 0 Å². The van der Waals surface area contributed by atoms with Gasteiger partial charge < -0.3 is 0 Å².